The fraction of sp³-hybridized carbons (Fsp3) is 0.400. The van der Waals surface area contributed by atoms with Gasteiger partial charge < -0.3 is 5.73 Å². The van der Waals surface area contributed by atoms with E-state index >= 15 is 0 Å². The molecule has 0 aromatic heterocycles. The van der Waals surface area contributed by atoms with Gasteiger partial charge in [-0.1, -0.05) is 30.1 Å². The van der Waals surface area contributed by atoms with Gasteiger partial charge in [0.15, 0.2) is 0 Å². The molecule has 0 saturated carbocycles. The molecule has 0 aliphatic carbocycles. The first-order valence-corrected chi connectivity index (χ1v) is 6.68. The quantitative estimate of drug-likeness (QED) is 0.847. The summed E-state index contributed by atoms with van der Waals surface area (Å²) in [5.74, 6) is 0. The first-order valence-electron chi connectivity index (χ1n) is 4.72. The maximum atomic E-state index is 12.1. The van der Waals surface area contributed by atoms with Crippen LogP contribution in [0.15, 0.2) is 17.0 Å². The summed E-state index contributed by atoms with van der Waals surface area (Å²) in [5, 5.41) is 0.989. The summed E-state index contributed by atoms with van der Waals surface area (Å²) in [5.41, 5.74) is 6.78. The minimum atomic E-state index is -1.13. The Morgan fingerprint density at radius 3 is 2.53 bits per heavy atom. The zero-order chi connectivity index (χ0) is 11.2. The second kappa shape index (κ2) is 4.06. The lowest BCUT2D eigenvalue weighted by Gasteiger charge is -2.12. The Hall–Kier alpha value is -0.0900. The van der Waals surface area contributed by atoms with E-state index < -0.39 is 10.8 Å². The highest BCUT2D eigenvalue weighted by Gasteiger charge is 2.38. The molecular weight excluding hydrogens is 253 g/mol. The molecule has 2 nitrogen and oxygen atoms in total. The molecule has 1 aliphatic heterocycles. The highest BCUT2D eigenvalue weighted by molar-refractivity contribution is 7.86. The van der Waals surface area contributed by atoms with Crippen LogP contribution in [-0.2, 0) is 10.8 Å². The van der Waals surface area contributed by atoms with Crippen molar-refractivity contribution in [3.63, 3.8) is 0 Å². The SMILES string of the molecule is CCC1C(N)c2c(Cl)ccc(Cl)c2S1=O. The van der Waals surface area contributed by atoms with Crippen molar-refractivity contribution in [2.45, 2.75) is 29.5 Å². The summed E-state index contributed by atoms with van der Waals surface area (Å²) in [6.45, 7) is 1.97. The Kier molecular flexibility index (Phi) is 3.08. The standard InChI is InChI=1S/C10H11Cl2NOS/c1-2-7-9(13)8-5(11)3-4-6(12)10(8)15(7)14/h3-4,7,9H,2,13H2,1H3. The molecule has 1 aromatic carbocycles. The van der Waals surface area contributed by atoms with Gasteiger partial charge >= 0.3 is 0 Å². The summed E-state index contributed by atoms with van der Waals surface area (Å²) in [6.07, 6.45) is 0.759. The normalized spacial score (nSPS) is 29.2. The molecule has 82 valence electrons. The van der Waals surface area contributed by atoms with Crippen LogP contribution >= 0.6 is 23.2 Å². The lowest BCUT2D eigenvalue weighted by molar-refractivity contribution is 0.632. The molecule has 5 heteroatoms. The summed E-state index contributed by atoms with van der Waals surface area (Å²) < 4.78 is 12.1. The number of benzene rings is 1. The molecule has 0 bridgehead atoms. The Balaban J connectivity index is 2.66. The van der Waals surface area contributed by atoms with Crippen molar-refractivity contribution in [1.82, 2.24) is 0 Å². The first kappa shape index (κ1) is 11.4. The number of halogens is 2. The second-order valence-corrected chi connectivity index (χ2v) is 5.96. The lowest BCUT2D eigenvalue weighted by Crippen LogP contribution is -2.22. The minimum Gasteiger partial charge on any atom is -0.323 e. The molecule has 2 N–H and O–H groups in total. The summed E-state index contributed by atoms with van der Waals surface area (Å²) in [6, 6.07) is 3.11. The van der Waals surface area contributed by atoms with Crippen LogP contribution in [0.2, 0.25) is 10.0 Å². The van der Waals surface area contributed by atoms with E-state index in [1.54, 1.807) is 12.1 Å². The zero-order valence-electron chi connectivity index (χ0n) is 8.17. The predicted octanol–water partition coefficient (Wildman–Crippen LogP) is 2.89. The predicted molar refractivity (Wildman–Crippen MR) is 63.9 cm³/mol. The fourth-order valence-corrected chi connectivity index (χ4v) is 4.40. The van der Waals surface area contributed by atoms with E-state index in [9.17, 15) is 4.21 Å². The number of hydrogen-bond donors (Lipinski definition) is 1. The van der Waals surface area contributed by atoms with Crippen molar-refractivity contribution in [3.05, 3.63) is 27.7 Å². The first-order chi connectivity index (χ1) is 7.07. The van der Waals surface area contributed by atoms with E-state index in [4.69, 9.17) is 28.9 Å². The van der Waals surface area contributed by atoms with Gasteiger partial charge in [-0.05, 0) is 18.6 Å². The van der Waals surface area contributed by atoms with Gasteiger partial charge in [-0.2, -0.15) is 0 Å². The van der Waals surface area contributed by atoms with E-state index in [1.165, 1.54) is 0 Å². The number of hydrogen-bond acceptors (Lipinski definition) is 2. The average molecular weight is 264 g/mol. The number of rotatable bonds is 1. The monoisotopic (exact) mass is 263 g/mol. The molecule has 0 spiro atoms. The average Bonchev–Trinajstić information content (AvgIpc) is 2.46. The molecule has 0 saturated heterocycles. The zero-order valence-corrected chi connectivity index (χ0v) is 10.5. The lowest BCUT2D eigenvalue weighted by atomic mass is 10.0. The number of fused-ring (bicyclic) bond motifs is 1. The third kappa shape index (κ3) is 1.62. The Bertz CT molecular complexity index is 436. The minimum absolute atomic E-state index is 0.0719. The largest absolute Gasteiger partial charge is 0.323 e. The van der Waals surface area contributed by atoms with Gasteiger partial charge in [0.1, 0.15) is 0 Å². The third-order valence-electron chi connectivity index (χ3n) is 2.71. The highest BCUT2D eigenvalue weighted by Crippen LogP contribution is 2.43. The van der Waals surface area contributed by atoms with Crippen LogP contribution < -0.4 is 5.73 Å². The Labute approximate surface area is 101 Å². The van der Waals surface area contributed by atoms with Gasteiger partial charge in [0.05, 0.1) is 26.0 Å². The third-order valence-corrected chi connectivity index (χ3v) is 5.48. The molecule has 1 aromatic rings. The van der Waals surface area contributed by atoms with Gasteiger partial charge in [0.2, 0.25) is 0 Å². The van der Waals surface area contributed by atoms with Gasteiger partial charge in [-0.25, -0.2) is 0 Å². The molecule has 3 unspecified atom stereocenters. The molecular formula is C10H11Cl2NOS. The Morgan fingerprint density at radius 1 is 1.40 bits per heavy atom. The second-order valence-electron chi connectivity index (χ2n) is 3.54. The van der Waals surface area contributed by atoms with Crippen molar-refractivity contribution in [2.24, 2.45) is 5.73 Å². The topological polar surface area (TPSA) is 43.1 Å². The molecule has 0 fully saturated rings. The molecule has 1 heterocycles. The molecule has 0 amide bonds. The fourth-order valence-electron chi connectivity index (χ4n) is 1.94. The van der Waals surface area contributed by atoms with E-state index in [0.717, 1.165) is 12.0 Å². The van der Waals surface area contributed by atoms with Gasteiger partial charge in [-0.15, -0.1) is 0 Å². The Morgan fingerprint density at radius 2 is 2.00 bits per heavy atom. The van der Waals surface area contributed by atoms with Crippen LogP contribution in [0.1, 0.15) is 24.9 Å². The van der Waals surface area contributed by atoms with Crippen molar-refractivity contribution < 1.29 is 4.21 Å². The summed E-state index contributed by atoms with van der Waals surface area (Å²) in [4.78, 5) is 0.628. The maximum Gasteiger partial charge on any atom is 0.0640 e. The van der Waals surface area contributed by atoms with Crippen molar-refractivity contribution in [2.75, 3.05) is 0 Å². The molecule has 15 heavy (non-hydrogen) atoms. The van der Waals surface area contributed by atoms with Crippen LogP contribution in [0, 0.1) is 0 Å². The van der Waals surface area contributed by atoms with Crippen LogP contribution in [0.3, 0.4) is 0 Å². The van der Waals surface area contributed by atoms with Gasteiger partial charge in [0.25, 0.3) is 0 Å². The van der Waals surface area contributed by atoms with Crippen molar-refractivity contribution >= 4 is 34.0 Å². The van der Waals surface area contributed by atoms with Crippen molar-refractivity contribution in [3.8, 4) is 0 Å². The van der Waals surface area contributed by atoms with Crippen LogP contribution in [0.25, 0.3) is 0 Å². The molecule has 0 radical (unpaired) electrons. The molecule has 1 aliphatic rings. The van der Waals surface area contributed by atoms with Crippen molar-refractivity contribution in [1.29, 1.82) is 0 Å². The van der Waals surface area contributed by atoms with Gasteiger partial charge in [-0.3, -0.25) is 4.21 Å². The van der Waals surface area contributed by atoms with E-state index in [0.29, 0.717) is 14.9 Å². The number of nitrogens with two attached hydrogens (primary N) is 1. The van der Waals surface area contributed by atoms with Gasteiger partial charge in [0, 0.05) is 16.6 Å². The van der Waals surface area contributed by atoms with Crippen LogP contribution in [0.4, 0.5) is 0 Å². The van der Waals surface area contributed by atoms with Crippen LogP contribution in [-0.4, -0.2) is 9.46 Å². The summed E-state index contributed by atoms with van der Waals surface area (Å²) in [7, 11) is -1.13. The smallest absolute Gasteiger partial charge is 0.0640 e. The van der Waals surface area contributed by atoms with E-state index in [2.05, 4.69) is 0 Å². The van der Waals surface area contributed by atoms with E-state index in [1.807, 2.05) is 6.92 Å². The highest BCUT2D eigenvalue weighted by atomic mass is 35.5. The van der Waals surface area contributed by atoms with Crippen LogP contribution in [0.5, 0.6) is 0 Å². The van der Waals surface area contributed by atoms with E-state index in [-0.39, 0.29) is 11.3 Å². The summed E-state index contributed by atoms with van der Waals surface area (Å²) >= 11 is 12.1. The molecule has 2 rings (SSSR count). The molecule has 3 atom stereocenters. The maximum absolute atomic E-state index is 12.1.